The van der Waals surface area contributed by atoms with Crippen LogP contribution in [0.5, 0.6) is 0 Å². The number of carbonyl (C=O) groups is 2. The van der Waals surface area contributed by atoms with Crippen LogP contribution in [0.3, 0.4) is 0 Å². The van der Waals surface area contributed by atoms with E-state index in [2.05, 4.69) is 5.32 Å². The molecule has 15 heavy (non-hydrogen) atoms. The van der Waals surface area contributed by atoms with Crippen molar-refractivity contribution in [2.75, 3.05) is 0 Å². The first-order chi connectivity index (χ1) is 7.18. The molecular formula is C10H11NO3S. The Bertz CT molecular complexity index is 374. The normalized spacial score (nSPS) is 23.5. The minimum Gasteiger partial charge on any atom is -0.481 e. The lowest BCUT2D eigenvalue weighted by atomic mass is 10.3. The minimum absolute atomic E-state index is 0.145. The molecule has 0 radical (unpaired) electrons. The fraction of sp³-hybridized carbons (Fsp3) is 0.400. The van der Waals surface area contributed by atoms with E-state index in [0.717, 1.165) is 5.56 Å². The standard InChI is InChI=1S/C10H11NO3S/c12-9(7-3-8(7)10(13)14)11-4-6-1-2-15-5-6/h1-2,5,7-8H,3-4H2,(H,11,12)(H,13,14)/t7-,8+/m1/s1. The molecule has 1 amide bonds. The molecule has 2 rings (SSSR count). The van der Waals surface area contributed by atoms with Crippen molar-refractivity contribution in [1.82, 2.24) is 5.32 Å². The number of rotatable bonds is 4. The second-order valence-corrected chi connectivity index (χ2v) is 4.42. The third-order valence-corrected chi connectivity index (χ3v) is 3.22. The third-order valence-electron chi connectivity index (χ3n) is 2.49. The van der Waals surface area contributed by atoms with E-state index in [0.29, 0.717) is 13.0 Å². The highest BCUT2D eigenvalue weighted by Gasteiger charge is 2.48. The molecule has 0 saturated heterocycles. The van der Waals surface area contributed by atoms with Gasteiger partial charge in [-0.05, 0) is 28.8 Å². The maximum Gasteiger partial charge on any atom is 0.307 e. The first-order valence-electron chi connectivity index (χ1n) is 4.70. The van der Waals surface area contributed by atoms with Crippen LogP contribution in [0.15, 0.2) is 16.8 Å². The lowest BCUT2D eigenvalue weighted by Gasteiger charge is -2.01. The fourth-order valence-electron chi connectivity index (χ4n) is 1.47. The van der Waals surface area contributed by atoms with Crippen molar-refractivity contribution in [2.24, 2.45) is 11.8 Å². The molecule has 1 fully saturated rings. The summed E-state index contributed by atoms with van der Waals surface area (Å²) >= 11 is 1.58. The Morgan fingerprint density at radius 3 is 2.87 bits per heavy atom. The fourth-order valence-corrected chi connectivity index (χ4v) is 2.14. The van der Waals surface area contributed by atoms with E-state index in [1.807, 2.05) is 16.8 Å². The molecule has 1 saturated carbocycles. The second kappa shape index (κ2) is 4.02. The van der Waals surface area contributed by atoms with Gasteiger partial charge in [0.2, 0.25) is 5.91 Å². The van der Waals surface area contributed by atoms with Crippen molar-refractivity contribution in [2.45, 2.75) is 13.0 Å². The molecule has 0 aromatic carbocycles. The van der Waals surface area contributed by atoms with E-state index in [9.17, 15) is 9.59 Å². The van der Waals surface area contributed by atoms with Crippen LogP contribution in [-0.2, 0) is 16.1 Å². The quantitative estimate of drug-likeness (QED) is 0.806. The summed E-state index contributed by atoms with van der Waals surface area (Å²) in [6, 6.07) is 1.94. The number of amides is 1. The van der Waals surface area contributed by atoms with Gasteiger partial charge in [-0.15, -0.1) is 0 Å². The number of hydrogen-bond donors (Lipinski definition) is 2. The molecule has 1 aromatic rings. The Labute approximate surface area is 90.9 Å². The number of nitrogens with one attached hydrogen (secondary N) is 1. The zero-order valence-electron chi connectivity index (χ0n) is 7.97. The molecule has 1 heterocycles. The highest BCUT2D eigenvalue weighted by Crippen LogP contribution is 2.38. The van der Waals surface area contributed by atoms with Crippen LogP contribution in [0, 0.1) is 11.8 Å². The van der Waals surface area contributed by atoms with E-state index < -0.39 is 11.9 Å². The van der Waals surface area contributed by atoms with Gasteiger partial charge in [0.05, 0.1) is 11.8 Å². The highest BCUT2D eigenvalue weighted by atomic mass is 32.1. The Balaban J connectivity index is 1.77. The summed E-state index contributed by atoms with van der Waals surface area (Å²) in [5.74, 6) is -1.80. The van der Waals surface area contributed by atoms with E-state index >= 15 is 0 Å². The van der Waals surface area contributed by atoms with Crippen molar-refractivity contribution in [3.8, 4) is 0 Å². The molecule has 5 heteroatoms. The number of hydrogen-bond acceptors (Lipinski definition) is 3. The van der Waals surface area contributed by atoms with Crippen molar-refractivity contribution in [3.05, 3.63) is 22.4 Å². The maximum absolute atomic E-state index is 11.4. The predicted molar refractivity (Wildman–Crippen MR) is 55.4 cm³/mol. The van der Waals surface area contributed by atoms with Crippen LogP contribution in [0.2, 0.25) is 0 Å². The van der Waals surface area contributed by atoms with Gasteiger partial charge in [0, 0.05) is 6.54 Å². The summed E-state index contributed by atoms with van der Waals surface area (Å²) < 4.78 is 0. The largest absolute Gasteiger partial charge is 0.481 e. The van der Waals surface area contributed by atoms with Gasteiger partial charge in [-0.2, -0.15) is 11.3 Å². The molecule has 4 nitrogen and oxygen atoms in total. The summed E-state index contributed by atoms with van der Waals surface area (Å²) in [4.78, 5) is 22.0. The van der Waals surface area contributed by atoms with Crippen molar-refractivity contribution in [3.63, 3.8) is 0 Å². The van der Waals surface area contributed by atoms with E-state index in [1.54, 1.807) is 11.3 Å². The molecule has 2 atom stereocenters. The predicted octanol–water partition coefficient (Wildman–Crippen LogP) is 1.08. The van der Waals surface area contributed by atoms with Crippen LogP contribution >= 0.6 is 11.3 Å². The van der Waals surface area contributed by atoms with Crippen molar-refractivity contribution in [1.29, 1.82) is 0 Å². The Morgan fingerprint density at radius 1 is 1.53 bits per heavy atom. The van der Waals surface area contributed by atoms with Crippen molar-refractivity contribution < 1.29 is 14.7 Å². The van der Waals surface area contributed by atoms with Crippen LogP contribution < -0.4 is 5.32 Å². The van der Waals surface area contributed by atoms with Gasteiger partial charge in [0.25, 0.3) is 0 Å². The lowest BCUT2D eigenvalue weighted by molar-refractivity contribution is -0.140. The summed E-state index contributed by atoms with van der Waals surface area (Å²) in [7, 11) is 0. The average molecular weight is 225 g/mol. The van der Waals surface area contributed by atoms with Crippen LogP contribution in [0.1, 0.15) is 12.0 Å². The zero-order valence-corrected chi connectivity index (χ0v) is 8.79. The molecule has 0 spiro atoms. The number of thiophene rings is 1. The number of carbonyl (C=O) groups excluding carboxylic acids is 1. The molecule has 0 aliphatic heterocycles. The Morgan fingerprint density at radius 2 is 2.33 bits per heavy atom. The summed E-state index contributed by atoms with van der Waals surface area (Å²) in [6.07, 6.45) is 0.477. The lowest BCUT2D eigenvalue weighted by Crippen LogP contribution is -2.25. The van der Waals surface area contributed by atoms with Gasteiger partial charge in [-0.3, -0.25) is 9.59 Å². The molecule has 0 unspecified atom stereocenters. The van der Waals surface area contributed by atoms with Gasteiger partial charge in [0.1, 0.15) is 0 Å². The first kappa shape index (κ1) is 10.2. The summed E-state index contributed by atoms with van der Waals surface area (Å²) in [6.45, 7) is 0.491. The molecule has 1 aromatic heterocycles. The smallest absolute Gasteiger partial charge is 0.307 e. The van der Waals surface area contributed by atoms with Crippen LogP contribution in [0.25, 0.3) is 0 Å². The topological polar surface area (TPSA) is 66.4 Å². The van der Waals surface area contributed by atoms with Crippen LogP contribution in [0.4, 0.5) is 0 Å². The van der Waals surface area contributed by atoms with Gasteiger partial charge in [-0.25, -0.2) is 0 Å². The molecular weight excluding hydrogens is 214 g/mol. The Kier molecular flexibility index (Phi) is 2.73. The maximum atomic E-state index is 11.4. The van der Waals surface area contributed by atoms with Crippen LogP contribution in [-0.4, -0.2) is 17.0 Å². The number of carboxylic acid groups (broad SMARTS) is 1. The highest BCUT2D eigenvalue weighted by molar-refractivity contribution is 7.07. The van der Waals surface area contributed by atoms with Crippen molar-refractivity contribution >= 4 is 23.2 Å². The molecule has 80 valence electrons. The Hall–Kier alpha value is -1.36. The van der Waals surface area contributed by atoms with E-state index in [-0.39, 0.29) is 11.8 Å². The van der Waals surface area contributed by atoms with Gasteiger partial charge in [-0.1, -0.05) is 0 Å². The first-order valence-corrected chi connectivity index (χ1v) is 5.64. The molecule has 0 bridgehead atoms. The second-order valence-electron chi connectivity index (χ2n) is 3.64. The van der Waals surface area contributed by atoms with Gasteiger partial charge < -0.3 is 10.4 Å². The molecule has 1 aliphatic rings. The number of aliphatic carboxylic acids is 1. The third kappa shape index (κ3) is 2.36. The number of carboxylic acids is 1. The summed E-state index contributed by atoms with van der Waals surface area (Å²) in [5, 5.41) is 15.3. The summed E-state index contributed by atoms with van der Waals surface area (Å²) in [5.41, 5.74) is 1.06. The monoisotopic (exact) mass is 225 g/mol. The van der Waals surface area contributed by atoms with Gasteiger partial charge in [0.15, 0.2) is 0 Å². The van der Waals surface area contributed by atoms with Gasteiger partial charge >= 0.3 is 5.97 Å². The van der Waals surface area contributed by atoms with E-state index in [4.69, 9.17) is 5.11 Å². The van der Waals surface area contributed by atoms with E-state index in [1.165, 1.54) is 0 Å². The SMILES string of the molecule is O=C(O)[C@H]1C[C@H]1C(=O)NCc1ccsc1. The minimum atomic E-state index is -0.870. The average Bonchev–Trinajstić information content (AvgIpc) is 2.85. The molecule has 2 N–H and O–H groups in total. The zero-order chi connectivity index (χ0) is 10.8. The molecule has 1 aliphatic carbocycles.